The Morgan fingerprint density at radius 3 is 2.84 bits per heavy atom. The Kier molecular flexibility index (Phi) is 3.82. The number of rotatable bonds is 2. The molecule has 1 aliphatic heterocycles. The van der Waals surface area contributed by atoms with Gasteiger partial charge in [0.1, 0.15) is 0 Å². The Bertz CT molecular complexity index is 434. The van der Waals surface area contributed by atoms with Gasteiger partial charge in [-0.1, -0.05) is 25.7 Å². The van der Waals surface area contributed by atoms with E-state index in [0.29, 0.717) is 19.0 Å². The van der Waals surface area contributed by atoms with Crippen molar-refractivity contribution in [1.82, 2.24) is 20.6 Å². The van der Waals surface area contributed by atoms with Crippen LogP contribution in [0.25, 0.3) is 0 Å². The predicted octanol–water partition coefficient (Wildman–Crippen LogP) is 1.26. The van der Waals surface area contributed by atoms with E-state index in [2.05, 4.69) is 20.6 Å². The van der Waals surface area contributed by atoms with Crippen molar-refractivity contribution in [2.24, 2.45) is 0 Å². The minimum Gasteiger partial charge on any atom is -0.352 e. The van der Waals surface area contributed by atoms with E-state index in [9.17, 15) is 4.79 Å². The lowest BCUT2D eigenvalue weighted by Gasteiger charge is -2.25. The Hall–Kier alpha value is -1.36. The highest BCUT2D eigenvalue weighted by Crippen LogP contribution is 2.18. The lowest BCUT2D eigenvalue weighted by Crippen LogP contribution is -2.50. The summed E-state index contributed by atoms with van der Waals surface area (Å²) < 4.78 is 0. The molecule has 0 spiro atoms. The Balaban J connectivity index is 1.56. The average molecular weight is 262 g/mol. The molecule has 1 unspecified atom stereocenters. The van der Waals surface area contributed by atoms with Gasteiger partial charge in [-0.25, -0.2) is 4.98 Å². The summed E-state index contributed by atoms with van der Waals surface area (Å²) >= 11 is 0. The summed E-state index contributed by atoms with van der Waals surface area (Å²) in [5, 5.41) is 6.50. The van der Waals surface area contributed by atoms with Crippen LogP contribution in [0.1, 0.15) is 49.9 Å². The van der Waals surface area contributed by atoms with Crippen molar-refractivity contribution in [3.05, 3.63) is 17.7 Å². The smallest absolute Gasteiger partial charge is 0.237 e. The van der Waals surface area contributed by atoms with Crippen LogP contribution in [0.15, 0.2) is 6.33 Å². The van der Waals surface area contributed by atoms with Crippen LogP contribution in [0.4, 0.5) is 0 Å². The zero-order chi connectivity index (χ0) is 13.1. The minimum absolute atomic E-state index is 0.126. The summed E-state index contributed by atoms with van der Waals surface area (Å²) in [4.78, 5) is 19.7. The molecule has 3 rings (SSSR count). The second kappa shape index (κ2) is 5.74. The van der Waals surface area contributed by atoms with Crippen molar-refractivity contribution in [2.75, 3.05) is 0 Å². The van der Waals surface area contributed by atoms with Crippen molar-refractivity contribution < 1.29 is 4.79 Å². The fourth-order valence-electron chi connectivity index (χ4n) is 3.08. The number of amides is 1. The number of carbonyl (C=O) groups excluding carboxylic acids is 1. The second-order valence-electron chi connectivity index (χ2n) is 5.66. The SMILES string of the molecule is O=C(NC1CCCCCC1)C1Cc2nc[nH]c2CN1. The molecule has 0 saturated heterocycles. The maximum Gasteiger partial charge on any atom is 0.237 e. The van der Waals surface area contributed by atoms with Crippen LogP contribution in [-0.4, -0.2) is 28.0 Å². The molecule has 104 valence electrons. The van der Waals surface area contributed by atoms with Crippen molar-refractivity contribution >= 4 is 5.91 Å². The van der Waals surface area contributed by atoms with Gasteiger partial charge in [0.25, 0.3) is 0 Å². The first-order chi connectivity index (χ1) is 9.33. The number of H-pyrrole nitrogens is 1. The number of hydrogen-bond acceptors (Lipinski definition) is 3. The van der Waals surface area contributed by atoms with E-state index in [0.717, 1.165) is 24.2 Å². The molecule has 5 nitrogen and oxygen atoms in total. The van der Waals surface area contributed by atoms with Crippen LogP contribution in [0, 0.1) is 0 Å². The van der Waals surface area contributed by atoms with E-state index in [1.165, 1.54) is 25.7 Å². The number of hydrogen-bond donors (Lipinski definition) is 3. The molecule has 0 aromatic carbocycles. The first-order valence-electron chi connectivity index (χ1n) is 7.38. The minimum atomic E-state index is -0.126. The standard InChI is InChI=1S/C14H22N4O/c19-14(18-10-5-3-1-2-4-6-10)12-7-11-13(8-15-12)17-9-16-11/h9-10,12,15H,1-8H2,(H,16,17)(H,18,19). The summed E-state index contributed by atoms with van der Waals surface area (Å²) in [7, 11) is 0. The number of fused-ring (bicyclic) bond motifs is 1. The van der Waals surface area contributed by atoms with Gasteiger partial charge in [-0.05, 0) is 12.8 Å². The Morgan fingerprint density at radius 2 is 2.05 bits per heavy atom. The van der Waals surface area contributed by atoms with Gasteiger partial charge in [0.05, 0.1) is 23.8 Å². The molecular weight excluding hydrogens is 240 g/mol. The number of carbonyl (C=O) groups is 1. The van der Waals surface area contributed by atoms with Crippen LogP contribution in [0.3, 0.4) is 0 Å². The molecular formula is C14H22N4O. The molecule has 1 saturated carbocycles. The third kappa shape index (κ3) is 2.97. The molecule has 0 radical (unpaired) electrons. The van der Waals surface area contributed by atoms with E-state index >= 15 is 0 Å². The normalized spacial score (nSPS) is 24.5. The quantitative estimate of drug-likeness (QED) is 0.703. The summed E-state index contributed by atoms with van der Waals surface area (Å²) in [6, 6.07) is 0.247. The van der Waals surface area contributed by atoms with E-state index < -0.39 is 0 Å². The zero-order valence-electron chi connectivity index (χ0n) is 11.2. The first kappa shape index (κ1) is 12.7. The molecule has 1 amide bonds. The Labute approximate surface area is 113 Å². The van der Waals surface area contributed by atoms with Crippen molar-refractivity contribution in [2.45, 2.75) is 63.6 Å². The number of nitrogens with zero attached hydrogens (tertiary/aromatic N) is 1. The second-order valence-corrected chi connectivity index (χ2v) is 5.66. The molecule has 5 heteroatoms. The molecule has 1 fully saturated rings. The first-order valence-corrected chi connectivity index (χ1v) is 7.38. The molecule has 0 bridgehead atoms. The number of nitrogens with one attached hydrogen (secondary N) is 3. The topological polar surface area (TPSA) is 69.8 Å². The van der Waals surface area contributed by atoms with Crippen LogP contribution in [0.2, 0.25) is 0 Å². The molecule has 2 heterocycles. The van der Waals surface area contributed by atoms with Gasteiger partial charge in [0.15, 0.2) is 0 Å². The van der Waals surface area contributed by atoms with Crippen LogP contribution >= 0.6 is 0 Å². The molecule has 1 atom stereocenters. The predicted molar refractivity (Wildman–Crippen MR) is 72.6 cm³/mol. The Morgan fingerprint density at radius 1 is 1.26 bits per heavy atom. The van der Waals surface area contributed by atoms with Gasteiger partial charge in [-0.2, -0.15) is 0 Å². The average Bonchev–Trinajstić information content (AvgIpc) is 2.75. The highest BCUT2D eigenvalue weighted by Gasteiger charge is 2.27. The van der Waals surface area contributed by atoms with E-state index in [-0.39, 0.29) is 11.9 Å². The van der Waals surface area contributed by atoms with Gasteiger partial charge in [-0.3, -0.25) is 10.1 Å². The maximum atomic E-state index is 12.3. The van der Waals surface area contributed by atoms with Gasteiger partial charge in [0.2, 0.25) is 5.91 Å². The fourth-order valence-corrected chi connectivity index (χ4v) is 3.08. The largest absolute Gasteiger partial charge is 0.352 e. The van der Waals surface area contributed by atoms with Crippen molar-refractivity contribution in [3.63, 3.8) is 0 Å². The van der Waals surface area contributed by atoms with Gasteiger partial charge in [0, 0.05) is 19.0 Å². The highest BCUT2D eigenvalue weighted by molar-refractivity contribution is 5.82. The number of aromatic amines is 1. The summed E-state index contributed by atoms with van der Waals surface area (Å²) in [6.07, 6.45) is 9.77. The van der Waals surface area contributed by atoms with Crippen molar-refractivity contribution in [1.29, 1.82) is 0 Å². The van der Waals surface area contributed by atoms with E-state index in [1.54, 1.807) is 6.33 Å². The fraction of sp³-hybridized carbons (Fsp3) is 0.714. The number of imidazole rings is 1. The van der Waals surface area contributed by atoms with Gasteiger partial charge >= 0.3 is 0 Å². The van der Waals surface area contributed by atoms with Crippen LogP contribution in [0.5, 0.6) is 0 Å². The monoisotopic (exact) mass is 262 g/mol. The zero-order valence-corrected chi connectivity index (χ0v) is 11.2. The third-order valence-corrected chi connectivity index (χ3v) is 4.25. The molecule has 1 aromatic rings. The van der Waals surface area contributed by atoms with Crippen molar-refractivity contribution in [3.8, 4) is 0 Å². The van der Waals surface area contributed by atoms with Crippen LogP contribution < -0.4 is 10.6 Å². The van der Waals surface area contributed by atoms with E-state index in [4.69, 9.17) is 0 Å². The van der Waals surface area contributed by atoms with Crippen LogP contribution in [-0.2, 0) is 17.8 Å². The summed E-state index contributed by atoms with van der Waals surface area (Å²) in [5.74, 6) is 0.139. The molecule has 1 aliphatic carbocycles. The van der Waals surface area contributed by atoms with E-state index in [1.807, 2.05) is 0 Å². The maximum absolute atomic E-state index is 12.3. The molecule has 1 aromatic heterocycles. The lowest BCUT2D eigenvalue weighted by molar-refractivity contribution is -0.124. The highest BCUT2D eigenvalue weighted by atomic mass is 16.2. The number of aromatic nitrogens is 2. The summed E-state index contributed by atoms with van der Waals surface area (Å²) in [6.45, 7) is 0.706. The van der Waals surface area contributed by atoms with Gasteiger partial charge in [-0.15, -0.1) is 0 Å². The molecule has 3 N–H and O–H groups in total. The molecule has 2 aliphatic rings. The third-order valence-electron chi connectivity index (χ3n) is 4.25. The van der Waals surface area contributed by atoms with Gasteiger partial charge < -0.3 is 10.3 Å². The summed E-state index contributed by atoms with van der Waals surface area (Å²) in [5.41, 5.74) is 2.14. The lowest BCUT2D eigenvalue weighted by atomic mass is 10.0. The molecule has 19 heavy (non-hydrogen) atoms.